The largest absolute Gasteiger partial charge is 0.395 e. The molecular weight excluding hydrogens is 248 g/mol. The predicted octanol–water partition coefficient (Wildman–Crippen LogP) is 0.942. The minimum absolute atomic E-state index is 0.0318. The van der Waals surface area contributed by atoms with Crippen LogP contribution in [0.2, 0.25) is 4.34 Å². The molecule has 0 spiro atoms. The van der Waals surface area contributed by atoms with E-state index < -0.39 is 0 Å². The van der Waals surface area contributed by atoms with Crippen molar-refractivity contribution in [2.45, 2.75) is 6.54 Å². The van der Waals surface area contributed by atoms with E-state index in [-0.39, 0.29) is 12.5 Å². The Morgan fingerprint density at radius 1 is 1.62 bits per heavy atom. The number of halogens is 1. The number of aliphatic hydroxyl groups is 1. The van der Waals surface area contributed by atoms with Gasteiger partial charge in [0, 0.05) is 18.0 Å². The number of carbonyl (C=O) groups excluding carboxylic acids is 1. The maximum absolute atomic E-state index is 11.3. The SMILES string of the molecule is CN(CC(=O)NCCO)Cc1ccc(Cl)s1. The van der Waals surface area contributed by atoms with Crippen molar-refractivity contribution >= 4 is 28.8 Å². The number of amides is 1. The standard InChI is InChI=1S/C10H15ClN2O2S/c1-13(7-10(15)12-4-5-14)6-8-2-3-9(11)16-8/h2-3,14H,4-7H2,1H3,(H,12,15). The highest BCUT2D eigenvalue weighted by atomic mass is 35.5. The summed E-state index contributed by atoms with van der Waals surface area (Å²) in [7, 11) is 1.87. The summed E-state index contributed by atoms with van der Waals surface area (Å²) in [4.78, 5) is 14.3. The highest BCUT2D eigenvalue weighted by Crippen LogP contribution is 2.22. The van der Waals surface area contributed by atoms with Gasteiger partial charge in [-0.1, -0.05) is 11.6 Å². The number of thiophene rings is 1. The van der Waals surface area contributed by atoms with Crippen molar-refractivity contribution in [3.63, 3.8) is 0 Å². The summed E-state index contributed by atoms with van der Waals surface area (Å²) in [5, 5.41) is 11.1. The van der Waals surface area contributed by atoms with Gasteiger partial charge in [-0.15, -0.1) is 11.3 Å². The molecule has 16 heavy (non-hydrogen) atoms. The number of rotatable bonds is 6. The van der Waals surface area contributed by atoms with Crippen LogP contribution in [0.1, 0.15) is 4.88 Å². The van der Waals surface area contributed by atoms with Crippen molar-refractivity contribution in [3.8, 4) is 0 Å². The second-order valence-corrected chi connectivity index (χ2v) is 5.25. The molecule has 90 valence electrons. The molecule has 0 saturated carbocycles. The van der Waals surface area contributed by atoms with E-state index in [0.717, 1.165) is 9.21 Å². The van der Waals surface area contributed by atoms with Gasteiger partial charge in [-0.2, -0.15) is 0 Å². The van der Waals surface area contributed by atoms with Crippen LogP contribution in [-0.4, -0.2) is 42.7 Å². The Balaban J connectivity index is 2.30. The summed E-state index contributed by atoms with van der Waals surface area (Å²) >= 11 is 7.32. The zero-order valence-corrected chi connectivity index (χ0v) is 10.6. The molecule has 0 atom stereocenters. The van der Waals surface area contributed by atoms with E-state index in [1.165, 1.54) is 11.3 Å². The minimum Gasteiger partial charge on any atom is -0.395 e. The van der Waals surface area contributed by atoms with Gasteiger partial charge in [0.05, 0.1) is 17.5 Å². The Morgan fingerprint density at radius 3 is 2.94 bits per heavy atom. The summed E-state index contributed by atoms with van der Waals surface area (Å²) < 4.78 is 0.758. The second kappa shape index (κ2) is 6.85. The van der Waals surface area contributed by atoms with Crippen LogP contribution in [-0.2, 0) is 11.3 Å². The van der Waals surface area contributed by atoms with Crippen molar-refractivity contribution < 1.29 is 9.90 Å². The van der Waals surface area contributed by atoms with Crippen molar-refractivity contribution in [1.82, 2.24) is 10.2 Å². The van der Waals surface area contributed by atoms with Gasteiger partial charge in [0.1, 0.15) is 0 Å². The lowest BCUT2D eigenvalue weighted by molar-refractivity contribution is -0.122. The zero-order valence-electron chi connectivity index (χ0n) is 9.07. The van der Waals surface area contributed by atoms with Crippen LogP contribution in [0.15, 0.2) is 12.1 Å². The first-order valence-electron chi connectivity index (χ1n) is 4.92. The van der Waals surface area contributed by atoms with Gasteiger partial charge >= 0.3 is 0 Å². The molecule has 0 unspecified atom stereocenters. The van der Waals surface area contributed by atoms with Gasteiger partial charge in [0.2, 0.25) is 5.91 Å². The van der Waals surface area contributed by atoms with Gasteiger partial charge in [-0.3, -0.25) is 9.69 Å². The average Bonchev–Trinajstić information content (AvgIpc) is 2.60. The van der Waals surface area contributed by atoms with Crippen molar-refractivity contribution in [3.05, 3.63) is 21.3 Å². The Hall–Kier alpha value is -0.620. The lowest BCUT2D eigenvalue weighted by Crippen LogP contribution is -2.36. The zero-order chi connectivity index (χ0) is 12.0. The van der Waals surface area contributed by atoms with Gasteiger partial charge in [-0.25, -0.2) is 0 Å². The van der Waals surface area contributed by atoms with Crippen molar-refractivity contribution in [2.24, 2.45) is 0 Å². The molecule has 0 bridgehead atoms. The van der Waals surface area contributed by atoms with Crippen molar-refractivity contribution in [1.29, 1.82) is 0 Å². The van der Waals surface area contributed by atoms with Crippen molar-refractivity contribution in [2.75, 3.05) is 26.7 Å². The molecule has 1 amide bonds. The Labute approximate surface area is 104 Å². The molecule has 1 heterocycles. The fraction of sp³-hybridized carbons (Fsp3) is 0.500. The average molecular weight is 263 g/mol. The molecule has 0 aliphatic rings. The first-order valence-corrected chi connectivity index (χ1v) is 6.11. The number of hydrogen-bond acceptors (Lipinski definition) is 4. The Morgan fingerprint density at radius 2 is 2.38 bits per heavy atom. The molecule has 1 rings (SSSR count). The molecule has 6 heteroatoms. The van der Waals surface area contributed by atoms with E-state index in [1.807, 2.05) is 24.1 Å². The summed E-state index contributed by atoms with van der Waals surface area (Å²) in [5.74, 6) is -0.0841. The van der Waals surface area contributed by atoms with Gasteiger partial charge < -0.3 is 10.4 Å². The molecule has 0 saturated heterocycles. The maximum Gasteiger partial charge on any atom is 0.234 e. The van der Waals surface area contributed by atoms with Crippen LogP contribution in [0.4, 0.5) is 0 Å². The second-order valence-electron chi connectivity index (χ2n) is 3.45. The maximum atomic E-state index is 11.3. The number of hydrogen-bond donors (Lipinski definition) is 2. The van der Waals surface area contributed by atoms with E-state index in [9.17, 15) is 4.79 Å². The summed E-state index contributed by atoms with van der Waals surface area (Å²) in [6.45, 7) is 1.28. The van der Waals surface area contributed by atoms with E-state index in [0.29, 0.717) is 19.6 Å². The first kappa shape index (κ1) is 13.4. The van der Waals surface area contributed by atoms with Gasteiger partial charge in [0.25, 0.3) is 0 Å². The highest BCUT2D eigenvalue weighted by Gasteiger charge is 2.07. The molecule has 0 radical (unpaired) electrons. The number of carbonyl (C=O) groups is 1. The minimum atomic E-state index is -0.0841. The molecule has 0 aliphatic carbocycles. The van der Waals surface area contributed by atoms with Gasteiger partial charge in [-0.05, 0) is 19.2 Å². The molecule has 1 aromatic heterocycles. The van der Waals surface area contributed by atoms with Crippen LogP contribution in [0, 0.1) is 0 Å². The van der Waals surface area contributed by atoms with E-state index >= 15 is 0 Å². The molecule has 4 nitrogen and oxygen atoms in total. The monoisotopic (exact) mass is 262 g/mol. The molecule has 0 fully saturated rings. The third kappa shape index (κ3) is 4.94. The lowest BCUT2D eigenvalue weighted by Gasteiger charge is -2.14. The Kier molecular flexibility index (Phi) is 5.76. The first-order chi connectivity index (χ1) is 7.61. The summed E-state index contributed by atoms with van der Waals surface area (Å²) in [5.41, 5.74) is 0. The topological polar surface area (TPSA) is 52.6 Å². The number of nitrogens with one attached hydrogen (secondary N) is 1. The fourth-order valence-electron chi connectivity index (χ4n) is 1.26. The quantitative estimate of drug-likeness (QED) is 0.802. The lowest BCUT2D eigenvalue weighted by atomic mass is 10.4. The van der Waals surface area contributed by atoms with Crippen LogP contribution in [0.5, 0.6) is 0 Å². The summed E-state index contributed by atoms with van der Waals surface area (Å²) in [6, 6.07) is 3.80. The fourth-order valence-corrected chi connectivity index (χ4v) is 2.42. The molecule has 0 aromatic carbocycles. The molecule has 0 aliphatic heterocycles. The van der Waals surface area contributed by atoms with E-state index in [2.05, 4.69) is 5.32 Å². The molecule has 2 N–H and O–H groups in total. The molecule has 1 aromatic rings. The Bertz CT molecular complexity index is 343. The number of aliphatic hydroxyl groups excluding tert-OH is 1. The predicted molar refractivity (Wildman–Crippen MR) is 65.8 cm³/mol. The number of likely N-dealkylation sites (N-methyl/N-ethyl adjacent to an activating group) is 1. The van der Waals surface area contributed by atoms with Crippen LogP contribution >= 0.6 is 22.9 Å². The van der Waals surface area contributed by atoms with Crippen LogP contribution < -0.4 is 5.32 Å². The normalized spacial score (nSPS) is 10.8. The van der Waals surface area contributed by atoms with Crippen LogP contribution in [0.3, 0.4) is 0 Å². The van der Waals surface area contributed by atoms with E-state index in [1.54, 1.807) is 0 Å². The van der Waals surface area contributed by atoms with E-state index in [4.69, 9.17) is 16.7 Å². The van der Waals surface area contributed by atoms with Gasteiger partial charge in [0.15, 0.2) is 0 Å². The highest BCUT2D eigenvalue weighted by molar-refractivity contribution is 7.16. The third-order valence-corrected chi connectivity index (χ3v) is 3.12. The smallest absolute Gasteiger partial charge is 0.234 e. The summed E-state index contributed by atoms with van der Waals surface area (Å²) in [6.07, 6.45) is 0. The number of nitrogens with zero attached hydrogens (tertiary/aromatic N) is 1. The molecular formula is C10H15ClN2O2S. The van der Waals surface area contributed by atoms with Crippen LogP contribution in [0.25, 0.3) is 0 Å². The third-order valence-electron chi connectivity index (χ3n) is 1.90.